The lowest BCUT2D eigenvalue weighted by molar-refractivity contribution is -0.160. The maximum Gasteiger partial charge on any atom is 0.308 e. The maximum atomic E-state index is 12.3. The van der Waals surface area contributed by atoms with Gasteiger partial charge in [-0.25, -0.2) is 0 Å². The van der Waals surface area contributed by atoms with Gasteiger partial charge in [0, 0.05) is 12.3 Å². The molecule has 130 valence electrons. The number of ether oxygens (including phenoxy) is 1. The maximum absolute atomic E-state index is 12.3. The minimum Gasteiger partial charge on any atom is -0.461 e. The monoisotopic (exact) mass is 320 g/mol. The van der Waals surface area contributed by atoms with Gasteiger partial charge in [0.05, 0.1) is 12.0 Å². The van der Waals surface area contributed by atoms with Crippen molar-refractivity contribution >= 4 is 5.97 Å². The van der Waals surface area contributed by atoms with E-state index in [9.17, 15) is 9.90 Å². The normalized spacial score (nSPS) is 35.3. The van der Waals surface area contributed by atoms with E-state index >= 15 is 0 Å². The predicted octanol–water partition coefficient (Wildman–Crippen LogP) is 4.12. The Morgan fingerprint density at radius 1 is 1.43 bits per heavy atom. The van der Waals surface area contributed by atoms with Crippen LogP contribution >= 0.6 is 0 Å². The van der Waals surface area contributed by atoms with Gasteiger partial charge in [0.25, 0.3) is 0 Å². The number of aliphatic hydroxyl groups is 1. The van der Waals surface area contributed by atoms with E-state index in [1.807, 2.05) is 19.9 Å². The summed E-state index contributed by atoms with van der Waals surface area (Å²) in [6.07, 6.45) is 6.80. The summed E-state index contributed by atoms with van der Waals surface area (Å²) in [5.41, 5.74) is 1.24. The van der Waals surface area contributed by atoms with E-state index in [4.69, 9.17) is 4.74 Å². The van der Waals surface area contributed by atoms with Crippen molar-refractivity contribution in [3.63, 3.8) is 0 Å². The van der Waals surface area contributed by atoms with Crippen LogP contribution in [0.1, 0.15) is 54.4 Å². The van der Waals surface area contributed by atoms with Crippen LogP contribution in [0.4, 0.5) is 0 Å². The molecule has 1 unspecified atom stereocenters. The Morgan fingerprint density at radius 2 is 2.09 bits per heavy atom. The molecule has 0 fully saturated rings. The third-order valence-electron chi connectivity index (χ3n) is 5.47. The van der Waals surface area contributed by atoms with Crippen LogP contribution in [-0.4, -0.2) is 23.3 Å². The second kappa shape index (κ2) is 6.80. The lowest BCUT2D eigenvalue weighted by Gasteiger charge is -2.48. The fourth-order valence-corrected chi connectivity index (χ4v) is 4.20. The fourth-order valence-electron chi connectivity index (χ4n) is 4.20. The van der Waals surface area contributed by atoms with Crippen molar-refractivity contribution in [2.45, 2.75) is 66.6 Å². The highest BCUT2D eigenvalue weighted by molar-refractivity contribution is 5.72. The van der Waals surface area contributed by atoms with Gasteiger partial charge >= 0.3 is 5.97 Å². The van der Waals surface area contributed by atoms with E-state index in [-0.39, 0.29) is 29.3 Å². The largest absolute Gasteiger partial charge is 0.461 e. The number of esters is 1. The number of carbonyl (C=O) groups excluding carboxylic acids is 1. The van der Waals surface area contributed by atoms with Crippen LogP contribution in [0.15, 0.2) is 23.8 Å². The Bertz CT molecular complexity index is 498. The lowest BCUT2D eigenvalue weighted by atomic mass is 9.59. The topological polar surface area (TPSA) is 46.5 Å². The third-order valence-corrected chi connectivity index (χ3v) is 5.47. The van der Waals surface area contributed by atoms with Crippen LogP contribution in [0.25, 0.3) is 0 Å². The first-order valence-electron chi connectivity index (χ1n) is 8.93. The number of rotatable bonds is 3. The molecule has 0 spiro atoms. The van der Waals surface area contributed by atoms with E-state index in [2.05, 4.69) is 39.8 Å². The zero-order valence-electron chi connectivity index (χ0n) is 15.4. The predicted molar refractivity (Wildman–Crippen MR) is 92.8 cm³/mol. The molecule has 0 aromatic carbocycles. The summed E-state index contributed by atoms with van der Waals surface area (Å²) in [6, 6.07) is 0. The van der Waals surface area contributed by atoms with Crippen molar-refractivity contribution in [1.82, 2.24) is 0 Å². The molecule has 2 aliphatic rings. The number of hydrogen-bond acceptors (Lipinski definition) is 3. The van der Waals surface area contributed by atoms with Crippen molar-refractivity contribution in [2.75, 3.05) is 0 Å². The molecule has 0 bridgehead atoms. The van der Waals surface area contributed by atoms with Gasteiger partial charge in [0.2, 0.25) is 0 Å². The first-order chi connectivity index (χ1) is 10.6. The molecule has 0 amide bonds. The number of fused-ring (bicyclic) bond motifs is 1. The summed E-state index contributed by atoms with van der Waals surface area (Å²) in [6.45, 7) is 12.9. The summed E-state index contributed by atoms with van der Waals surface area (Å²) in [5, 5.41) is 10.2. The molecule has 0 aromatic heterocycles. The van der Waals surface area contributed by atoms with Crippen molar-refractivity contribution in [3.8, 4) is 0 Å². The van der Waals surface area contributed by atoms with Crippen molar-refractivity contribution < 1.29 is 14.6 Å². The fraction of sp³-hybridized carbons (Fsp3) is 0.750. The van der Waals surface area contributed by atoms with Gasteiger partial charge in [0.1, 0.15) is 6.10 Å². The Labute approximate surface area is 140 Å². The molecule has 6 atom stereocenters. The zero-order valence-corrected chi connectivity index (χ0v) is 15.4. The van der Waals surface area contributed by atoms with Gasteiger partial charge in [-0.1, -0.05) is 59.8 Å². The molecule has 0 aliphatic heterocycles. The molecule has 0 heterocycles. The van der Waals surface area contributed by atoms with Gasteiger partial charge < -0.3 is 9.84 Å². The Balaban J connectivity index is 2.34. The first kappa shape index (κ1) is 18.3. The molecule has 23 heavy (non-hydrogen) atoms. The highest BCUT2D eigenvalue weighted by atomic mass is 16.5. The van der Waals surface area contributed by atoms with Crippen LogP contribution < -0.4 is 0 Å². The molecule has 0 aromatic rings. The second-order valence-corrected chi connectivity index (χ2v) is 8.39. The molecule has 2 aliphatic carbocycles. The standard InChI is InChI=1S/C20H32O3/c1-7-12(2)19(22)23-16-11-15(21)10-14-9-8-13(3)18(17(14)16)20(4,5)6/h8-10,12-13,15-18,21H,7,11H2,1-6H3/t12-,13-,15+,16-,17+,18?/m0/s1. The van der Waals surface area contributed by atoms with Crippen molar-refractivity contribution in [1.29, 1.82) is 0 Å². The number of allylic oxidation sites excluding steroid dienone is 2. The Hall–Kier alpha value is -1.09. The van der Waals surface area contributed by atoms with Gasteiger partial charge in [-0.15, -0.1) is 0 Å². The average Bonchev–Trinajstić information content (AvgIpc) is 2.45. The molecule has 3 nitrogen and oxygen atoms in total. The van der Waals surface area contributed by atoms with Crippen molar-refractivity contribution in [3.05, 3.63) is 23.8 Å². The molecule has 0 saturated heterocycles. The van der Waals surface area contributed by atoms with E-state index in [0.717, 1.165) is 12.0 Å². The highest BCUT2D eigenvalue weighted by Gasteiger charge is 2.46. The van der Waals surface area contributed by atoms with E-state index in [1.165, 1.54) is 0 Å². The highest BCUT2D eigenvalue weighted by Crippen LogP contribution is 2.49. The van der Waals surface area contributed by atoms with Crippen LogP contribution in [0.3, 0.4) is 0 Å². The summed E-state index contributed by atoms with van der Waals surface area (Å²) < 4.78 is 5.88. The van der Waals surface area contributed by atoms with Gasteiger partial charge in [-0.05, 0) is 29.2 Å². The van der Waals surface area contributed by atoms with Gasteiger partial charge in [-0.2, -0.15) is 0 Å². The quantitative estimate of drug-likeness (QED) is 0.796. The minimum atomic E-state index is -0.533. The first-order valence-corrected chi connectivity index (χ1v) is 8.93. The summed E-state index contributed by atoms with van der Waals surface area (Å²) in [7, 11) is 0. The number of aliphatic hydroxyl groups excluding tert-OH is 1. The second-order valence-electron chi connectivity index (χ2n) is 8.39. The molecule has 1 N–H and O–H groups in total. The molecule has 0 radical (unpaired) electrons. The third kappa shape index (κ3) is 3.88. The average molecular weight is 320 g/mol. The van der Waals surface area contributed by atoms with E-state index < -0.39 is 6.10 Å². The Morgan fingerprint density at radius 3 is 2.65 bits per heavy atom. The summed E-state index contributed by atoms with van der Waals surface area (Å²) >= 11 is 0. The lowest BCUT2D eigenvalue weighted by Crippen LogP contribution is -2.46. The summed E-state index contributed by atoms with van der Waals surface area (Å²) in [5.74, 6) is 0.761. The van der Waals surface area contributed by atoms with Crippen LogP contribution in [0.5, 0.6) is 0 Å². The van der Waals surface area contributed by atoms with Gasteiger partial charge in [0.15, 0.2) is 0 Å². The molecular formula is C20H32O3. The van der Waals surface area contributed by atoms with Crippen LogP contribution in [0.2, 0.25) is 0 Å². The molecule has 2 rings (SSSR count). The van der Waals surface area contributed by atoms with Crippen LogP contribution in [0, 0.1) is 29.1 Å². The zero-order chi connectivity index (χ0) is 17.4. The SMILES string of the molecule is CC[C@H](C)C(=O)O[C@H]1C[C@H](O)C=C2C=C[C@H](C)C(C(C)(C)C)[C@H]21. The number of hydrogen-bond donors (Lipinski definition) is 1. The molecular weight excluding hydrogens is 288 g/mol. The van der Waals surface area contributed by atoms with Crippen LogP contribution in [-0.2, 0) is 9.53 Å². The smallest absolute Gasteiger partial charge is 0.308 e. The van der Waals surface area contributed by atoms with Crippen molar-refractivity contribution in [2.24, 2.45) is 29.1 Å². The van der Waals surface area contributed by atoms with E-state index in [1.54, 1.807) is 0 Å². The Kier molecular flexibility index (Phi) is 5.40. The van der Waals surface area contributed by atoms with E-state index in [0.29, 0.717) is 18.3 Å². The summed E-state index contributed by atoms with van der Waals surface area (Å²) in [4.78, 5) is 12.3. The minimum absolute atomic E-state index is 0.0915. The molecule has 3 heteroatoms. The molecule has 0 saturated carbocycles. The van der Waals surface area contributed by atoms with Gasteiger partial charge in [-0.3, -0.25) is 4.79 Å². The number of carbonyl (C=O) groups is 1.